The summed E-state index contributed by atoms with van der Waals surface area (Å²) in [5.74, 6) is 0.320. The highest BCUT2D eigenvalue weighted by atomic mass is 16.2. The third-order valence-electron chi connectivity index (χ3n) is 5.07. The lowest BCUT2D eigenvalue weighted by Gasteiger charge is -2.20. The number of likely N-dealkylation sites (tertiary alicyclic amines) is 1. The largest absolute Gasteiger partial charge is 0.338 e. The molecule has 1 saturated heterocycles. The van der Waals surface area contributed by atoms with Crippen molar-refractivity contribution in [1.29, 1.82) is 0 Å². The highest BCUT2D eigenvalue weighted by Gasteiger charge is 2.31. The number of hydrogen-bond donors (Lipinski definition) is 1. The standard InChI is InChI=1S/C20H22N4O2/c25-19-10-16(14-23(19)13-15-4-2-1-3-5-15)11-22-20(26)24-9-7-17-12-21-8-6-18(17)24/h1-6,8,12,16H,7,9-11,13-14H2,(H,22,26)/t16-/m0/s1. The Kier molecular flexibility index (Phi) is 4.56. The van der Waals surface area contributed by atoms with E-state index in [4.69, 9.17) is 0 Å². The first-order chi connectivity index (χ1) is 12.7. The van der Waals surface area contributed by atoms with Crippen LogP contribution in [0.15, 0.2) is 48.8 Å². The Bertz CT molecular complexity index is 808. The second-order valence-corrected chi connectivity index (χ2v) is 6.92. The minimum Gasteiger partial charge on any atom is -0.338 e. The molecular formula is C20H22N4O2. The number of carbonyl (C=O) groups is 2. The maximum absolute atomic E-state index is 12.5. The van der Waals surface area contributed by atoms with E-state index in [-0.39, 0.29) is 17.9 Å². The molecule has 1 fully saturated rings. The van der Waals surface area contributed by atoms with Crippen LogP contribution in [-0.4, -0.2) is 41.5 Å². The van der Waals surface area contributed by atoms with E-state index >= 15 is 0 Å². The van der Waals surface area contributed by atoms with Crippen molar-refractivity contribution < 1.29 is 9.59 Å². The van der Waals surface area contributed by atoms with E-state index in [1.807, 2.05) is 47.5 Å². The fourth-order valence-electron chi connectivity index (χ4n) is 3.71. The van der Waals surface area contributed by atoms with E-state index in [0.717, 1.165) is 23.2 Å². The van der Waals surface area contributed by atoms with Crippen molar-refractivity contribution in [2.75, 3.05) is 24.5 Å². The molecule has 0 aliphatic carbocycles. The fourth-order valence-corrected chi connectivity index (χ4v) is 3.71. The van der Waals surface area contributed by atoms with Gasteiger partial charge in [-0.2, -0.15) is 0 Å². The Labute approximate surface area is 152 Å². The molecule has 134 valence electrons. The van der Waals surface area contributed by atoms with Gasteiger partial charge in [-0.05, 0) is 23.6 Å². The van der Waals surface area contributed by atoms with Gasteiger partial charge in [0, 0.05) is 50.9 Å². The van der Waals surface area contributed by atoms with Crippen molar-refractivity contribution >= 4 is 17.6 Å². The van der Waals surface area contributed by atoms with E-state index in [0.29, 0.717) is 32.6 Å². The minimum absolute atomic E-state index is 0.0936. The lowest BCUT2D eigenvalue weighted by Crippen LogP contribution is -2.41. The van der Waals surface area contributed by atoms with Crippen molar-refractivity contribution in [3.63, 3.8) is 0 Å². The highest BCUT2D eigenvalue weighted by molar-refractivity contribution is 5.94. The average molecular weight is 350 g/mol. The number of carbonyl (C=O) groups excluding carboxylic acids is 2. The Morgan fingerprint density at radius 1 is 1.23 bits per heavy atom. The predicted molar refractivity (Wildman–Crippen MR) is 98.7 cm³/mol. The van der Waals surface area contributed by atoms with E-state index in [9.17, 15) is 9.59 Å². The maximum Gasteiger partial charge on any atom is 0.321 e. The Morgan fingerprint density at radius 2 is 2.08 bits per heavy atom. The molecule has 1 atom stereocenters. The quantitative estimate of drug-likeness (QED) is 0.919. The number of benzene rings is 1. The number of amides is 3. The van der Waals surface area contributed by atoms with E-state index in [2.05, 4.69) is 10.3 Å². The molecule has 0 bridgehead atoms. The maximum atomic E-state index is 12.5. The molecule has 2 aliphatic heterocycles. The average Bonchev–Trinajstić information content (AvgIpc) is 3.24. The molecule has 0 unspecified atom stereocenters. The number of nitrogens with zero attached hydrogens (tertiary/aromatic N) is 3. The van der Waals surface area contributed by atoms with Gasteiger partial charge >= 0.3 is 6.03 Å². The third kappa shape index (κ3) is 3.40. The van der Waals surface area contributed by atoms with Crippen LogP contribution in [0.4, 0.5) is 10.5 Å². The summed E-state index contributed by atoms with van der Waals surface area (Å²) in [7, 11) is 0. The summed E-state index contributed by atoms with van der Waals surface area (Å²) < 4.78 is 0. The van der Waals surface area contributed by atoms with Gasteiger partial charge in [-0.3, -0.25) is 14.7 Å². The number of fused-ring (bicyclic) bond motifs is 1. The zero-order valence-electron chi connectivity index (χ0n) is 14.6. The summed E-state index contributed by atoms with van der Waals surface area (Å²) in [5, 5.41) is 3.00. The molecule has 1 aromatic carbocycles. The second kappa shape index (κ2) is 7.15. The summed E-state index contributed by atoms with van der Waals surface area (Å²) in [6.07, 6.45) is 4.86. The lowest BCUT2D eigenvalue weighted by atomic mass is 10.1. The summed E-state index contributed by atoms with van der Waals surface area (Å²) in [6, 6.07) is 11.8. The first kappa shape index (κ1) is 16.6. The van der Waals surface area contributed by atoms with Crippen molar-refractivity contribution in [1.82, 2.24) is 15.2 Å². The molecule has 1 aromatic heterocycles. The number of hydrogen-bond acceptors (Lipinski definition) is 3. The van der Waals surface area contributed by atoms with Crippen LogP contribution in [-0.2, 0) is 17.8 Å². The van der Waals surface area contributed by atoms with Crippen LogP contribution in [0.2, 0.25) is 0 Å². The van der Waals surface area contributed by atoms with Crippen molar-refractivity contribution in [3.8, 4) is 0 Å². The van der Waals surface area contributed by atoms with Crippen LogP contribution in [0.25, 0.3) is 0 Å². The zero-order chi connectivity index (χ0) is 17.9. The van der Waals surface area contributed by atoms with Crippen molar-refractivity contribution in [2.45, 2.75) is 19.4 Å². The van der Waals surface area contributed by atoms with Crippen LogP contribution in [0, 0.1) is 5.92 Å². The highest BCUT2D eigenvalue weighted by Crippen LogP contribution is 2.26. The van der Waals surface area contributed by atoms with Gasteiger partial charge in [0.1, 0.15) is 0 Å². The number of nitrogens with one attached hydrogen (secondary N) is 1. The van der Waals surface area contributed by atoms with Gasteiger partial charge in [0.2, 0.25) is 5.91 Å². The zero-order valence-corrected chi connectivity index (χ0v) is 14.6. The molecule has 6 heteroatoms. The van der Waals surface area contributed by atoms with E-state index in [1.165, 1.54) is 0 Å². The van der Waals surface area contributed by atoms with Gasteiger partial charge in [0.25, 0.3) is 0 Å². The number of rotatable bonds is 4. The van der Waals surface area contributed by atoms with Gasteiger partial charge in [-0.15, -0.1) is 0 Å². The van der Waals surface area contributed by atoms with Gasteiger partial charge in [-0.25, -0.2) is 4.79 Å². The first-order valence-electron chi connectivity index (χ1n) is 9.00. The van der Waals surface area contributed by atoms with E-state index in [1.54, 1.807) is 11.1 Å². The third-order valence-corrected chi connectivity index (χ3v) is 5.07. The summed E-state index contributed by atoms with van der Waals surface area (Å²) in [5.41, 5.74) is 3.17. The number of anilines is 1. The molecule has 2 aromatic rings. The summed E-state index contributed by atoms with van der Waals surface area (Å²) in [6.45, 7) is 2.52. The monoisotopic (exact) mass is 350 g/mol. The van der Waals surface area contributed by atoms with Crippen molar-refractivity contribution in [3.05, 3.63) is 59.9 Å². The number of urea groups is 1. The molecule has 3 heterocycles. The van der Waals surface area contributed by atoms with Crippen LogP contribution < -0.4 is 10.2 Å². The summed E-state index contributed by atoms with van der Waals surface area (Å²) >= 11 is 0. The fraction of sp³-hybridized carbons (Fsp3) is 0.350. The Balaban J connectivity index is 1.30. The van der Waals surface area contributed by atoms with Crippen LogP contribution in [0.3, 0.4) is 0 Å². The second-order valence-electron chi connectivity index (χ2n) is 6.92. The smallest absolute Gasteiger partial charge is 0.321 e. The Hall–Kier alpha value is -2.89. The van der Waals surface area contributed by atoms with Crippen LogP contribution in [0.5, 0.6) is 0 Å². The summed E-state index contributed by atoms with van der Waals surface area (Å²) in [4.78, 5) is 32.5. The van der Waals surface area contributed by atoms with Crippen LogP contribution in [0.1, 0.15) is 17.5 Å². The molecule has 26 heavy (non-hydrogen) atoms. The molecule has 2 aliphatic rings. The topological polar surface area (TPSA) is 65.5 Å². The van der Waals surface area contributed by atoms with Crippen molar-refractivity contribution in [2.24, 2.45) is 5.92 Å². The lowest BCUT2D eigenvalue weighted by molar-refractivity contribution is -0.128. The molecule has 0 saturated carbocycles. The minimum atomic E-state index is -0.0936. The van der Waals surface area contributed by atoms with Gasteiger partial charge in [0.15, 0.2) is 0 Å². The molecule has 0 radical (unpaired) electrons. The molecule has 3 amide bonds. The van der Waals surface area contributed by atoms with E-state index < -0.39 is 0 Å². The SMILES string of the molecule is O=C1C[C@@H](CNC(=O)N2CCc3cnccc32)CN1Cc1ccccc1. The first-order valence-corrected chi connectivity index (χ1v) is 9.00. The molecule has 0 spiro atoms. The molecule has 6 nitrogen and oxygen atoms in total. The molecule has 1 N–H and O–H groups in total. The van der Waals surface area contributed by atoms with Crippen LogP contribution >= 0.6 is 0 Å². The molecular weight excluding hydrogens is 328 g/mol. The predicted octanol–water partition coefficient (Wildman–Crippen LogP) is 2.20. The number of aromatic nitrogens is 1. The Morgan fingerprint density at radius 3 is 2.92 bits per heavy atom. The van der Waals surface area contributed by atoms with Gasteiger partial charge in [-0.1, -0.05) is 30.3 Å². The van der Waals surface area contributed by atoms with Gasteiger partial charge in [0.05, 0.1) is 5.69 Å². The normalized spacial score (nSPS) is 18.9. The number of pyridine rings is 1. The molecule has 4 rings (SSSR count). The van der Waals surface area contributed by atoms with Gasteiger partial charge < -0.3 is 10.2 Å².